The van der Waals surface area contributed by atoms with E-state index in [4.69, 9.17) is 21.5 Å². The van der Waals surface area contributed by atoms with E-state index in [1.807, 2.05) is 48.5 Å². The molecule has 0 spiro atoms. The van der Waals surface area contributed by atoms with Crippen LogP contribution >= 0.6 is 11.6 Å². The first kappa shape index (κ1) is 19.4. The molecular weight excluding hydrogens is 342 g/mol. The zero-order chi connectivity index (χ0) is 18.2. The fraction of sp³-hybridized carbons (Fsp3) is 0.316. The highest BCUT2D eigenvalue weighted by molar-refractivity contribution is 6.30. The van der Waals surface area contributed by atoms with E-state index < -0.39 is 12.0 Å². The van der Waals surface area contributed by atoms with Crippen LogP contribution in [-0.2, 0) is 22.6 Å². The van der Waals surface area contributed by atoms with Crippen LogP contribution in [0.25, 0.3) is 0 Å². The number of aliphatic hydroxyl groups is 1. The van der Waals surface area contributed by atoms with Crippen molar-refractivity contribution in [3.05, 3.63) is 70.2 Å². The van der Waals surface area contributed by atoms with Gasteiger partial charge in [-0.25, -0.2) is 5.48 Å². The van der Waals surface area contributed by atoms with Crippen LogP contribution in [0, 0.1) is 0 Å². The zero-order valence-electron chi connectivity index (χ0n) is 14.0. The van der Waals surface area contributed by atoms with Crippen molar-refractivity contribution >= 4 is 17.5 Å². The summed E-state index contributed by atoms with van der Waals surface area (Å²) in [5.74, 6) is -0.601. The van der Waals surface area contributed by atoms with Gasteiger partial charge in [0.25, 0.3) is 0 Å². The van der Waals surface area contributed by atoms with Crippen molar-refractivity contribution in [1.29, 1.82) is 0 Å². The molecule has 2 aromatic rings. The number of benzene rings is 2. The van der Waals surface area contributed by atoms with Crippen LogP contribution in [-0.4, -0.2) is 29.4 Å². The monoisotopic (exact) mass is 363 g/mol. The number of hydrogen-bond donors (Lipinski definition) is 3. The Kier molecular flexibility index (Phi) is 7.40. The first-order valence-electron chi connectivity index (χ1n) is 7.97. The first-order valence-corrected chi connectivity index (χ1v) is 8.35. The molecule has 5 nitrogen and oxygen atoms in total. The Morgan fingerprint density at radius 3 is 2.24 bits per heavy atom. The molecular formula is C19H22ClNO4. The molecule has 0 bridgehead atoms. The number of amides is 1. The number of hydrogen-bond acceptors (Lipinski definition) is 4. The molecule has 0 unspecified atom stereocenters. The van der Waals surface area contributed by atoms with Crippen LogP contribution in [0.2, 0.25) is 5.02 Å². The molecule has 1 amide bonds. The molecule has 25 heavy (non-hydrogen) atoms. The maximum atomic E-state index is 11.6. The normalized spacial score (nSPS) is 13.3. The van der Waals surface area contributed by atoms with Crippen LogP contribution in [0.4, 0.5) is 0 Å². The summed E-state index contributed by atoms with van der Waals surface area (Å²) in [5, 5.41) is 18.7. The Hall–Kier alpha value is -1.92. The molecule has 2 rings (SSSR count). The summed E-state index contributed by atoms with van der Waals surface area (Å²) in [6.07, 6.45) is 0.266. The molecule has 0 aliphatic rings. The van der Waals surface area contributed by atoms with Gasteiger partial charge in [0, 0.05) is 18.1 Å². The summed E-state index contributed by atoms with van der Waals surface area (Å²) in [6.45, 7) is -0.0250. The highest BCUT2D eigenvalue weighted by Gasteiger charge is 2.26. The highest BCUT2D eigenvalue weighted by atomic mass is 35.5. The number of ether oxygens (including phenoxy) is 1. The molecule has 0 heterocycles. The van der Waals surface area contributed by atoms with E-state index in [0.717, 1.165) is 16.7 Å². The van der Waals surface area contributed by atoms with Crippen molar-refractivity contribution < 1.29 is 19.8 Å². The molecule has 0 fully saturated rings. The average Bonchev–Trinajstić information content (AvgIpc) is 2.66. The second kappa shape index (κ2) is 9.53. The van der Waals surface area contributed by atoms with Crippen molar-refractivity contribution in [2.75, 3.05) is 7.11 Å². The van der Waals surface area contributed by atoms with Crippen molar-refractivity contribution in [1.82, 2.24) is 5.48 Å². The second-order valence-corrected chi connectivity index (χ2v) is 6.29. The summed E-state index contributed by atoms with van der Waals surface area (Å²) in [5.41, 5.74) is 4.52. The van der Waals surface area contributed by atoms with Gasteiger partial charge in [-0.2, -0.15) is 0 Å². The number of aliphatic hydroxyl groups excluding tert-OH is 1. The molecule has 2 aromatic carbocycles. The average molecular weight is 364 g/mol. The van der Waals surface area contributed by atoms with Crippen LogP contribution in [0.5, 0.6) is 0 Å². The van der Waals surface area contributed by atoms with E-state index >= 15 is 0 Å². The summed E-state index contributed by atoms with van der Waals surface area (Å²) >= 11 is 5.95. The van der Waals surface area contributed by atoms with Crippen molar-refractivity contribution in [2.24, 2.45) is 0 Å². The van der Waals surface area contributed by atoms with E-state index in [9.17, 15) is 9.90 Å². The van der Waals surface area contributed by atoms with Gasteiger partial charge in [0.05, 0.1) is 19.1 Å². The molecule has 2 atom stereocenters. The summed E-state index contributed by atoms with van der Waals surface area (Å²) in [4.78, 5) is 11.6. The van der Waals surface area contributed by atoms with Gasteiger partial charge in [-0.3, -0.25) is 10.0 Å². The van der Waals surface area contributed by atoms with Crippen LogP contribution < -0.4 is 5.48 Å². The minimum absolute atomic E-state index is 0.0250. The lowest BCUT2D eigenvalue weighted by molar-refractivity contribution is -0.132. The van der Waals surface area contributed by atoms with Crippen LogP contribution in [0.3, 0.4) is 0 Å². The van der Waals surface area contributed by atoms with Gasteiger partial charge >= 0.3 is 0 Å². The molecule has 0 aromatic heterocycles. The Labute approximate surface area is 152 Å². The lowest BCUT2D eigenvalue weighted by Gasteiger charge is -2.26. The Bertz CT molecular complexity index is 673. The van der Waals surface area contributed by atoms with E-state index in [-0.39, 0.29) is 18.9 Å². The van der Waals surface area contributed by atoms with E-state index in [0.29, 0.717) is 11.4 Å². The number of carbonyl (C=O) groups excluding carboxylic acids is 1. The molecule has 0 aliphatic heterocycles. The number of methoxy groups -OCH3 is 1. The fourth-order valence-electron chi connectivity index (χ4n) is 2.83. The molecule has 0 saturated heterocycles. The quantitative estimate of drug-likeness (QED) is 0.497. The summed E-state index contributed by atoms with van der Waals surface area (Å²) in [7, 11) is 1.55. The third kappa shape index (κ3) is 5.54. The molecule has 0 aliphatic carbocycles. The maximum absolute atomic E-state index is 11.6. The van der Waals surface area contributed by atoms with Crippen molar-refractivity contribution in [3.63, 3.8) is 0 Å². The molecule has 3 N–H and O–H groups in total. The number of nitrogens with one attached hydrogen (secondary N) is 1. The third-order valence-corrected chi connectivity index (χ3v) is 4.47. The van der Waals surface area contributed by atoms with Gasteiger partial charge in [-0.15, -0.1) is 0 Å². The van der Waals surface area contributed by atoms with Crippen LogP contribution in [0.15, 0.2) is 48.5 Å². The van der Waals surface area contributed by atoms with Crippen molar-refractivity contribution in [3.8, 4) is 0 Å². The number of hydroxylamine groups is 1. The van der Waals surface area contributed by atoms with Gasteiger partial charge in [-0.1, -0.05) is 48.0 Å². The maximum Gasteiger partial charge on any atom is 0.245 e. The predicted octanol–water partition coefficient (Wildman–Crippen LogP) is 3.07. The molecule has 6 heteroatoms. The second-order valence-electron chi connectivity index (χ2n) is 5.85. The topological polar surface area (TPSA) is 78.8 Å². The molecule has 0 radical (unpaired) electrons. The standard InChI is InChI=1S/C19H22ClNO4/c1-25-18(11-19(23)21-24)17(10-13-4-8-16(20)9-5-13)15-6-2-14(12-22)3-7-15/h2-9,17-18,22,24H,10-12H2,1H3,(H,21,23)/t17-,18-/m1/s1. The largest absolute Gasteiger partial charge is 0.392 e. The van der Waals surface area contributed by atoms with Gasteiger partial charge in [-0.05, 0) is 35.2 Å². The minimum atomic E-state index is -0.500. The number of halogens is 1. The Morgan fingerprint density at radius 2 is 1.72 bits per heavy atom. The van der Waals surface area contributed by atoms with E-state index in [1.165, 1.54) is 0 Å². The van der Waals surface area contributed by atoms with E-state index in [1.54, 1.807) is 12.6 Å². The number of carbonyl (C=O) groups is 1. The SMILES string of the molecule is CO[C@H](CC(=O)NO)[C@H](Cc1ccc(Cl)cc1)c1ccc(CO)cc1. The third-order valence-electron chi connectivity index (χ3n) is 4.22. The first-order chi connectivity index (χ1) is 12.1. The highest BCUT2D eigenvalue weighted by Crippen LogP contribution is 2.29. The minimum Gasteiger partial charge on any atom is -0.392 e. The number of rotatable bonds is 8. The Morgan fingerprint density at radius 1 is 1.12 bits per heavy atom. The van der Waals surface area contributed by atoms with Gasteiger partial charge in [0.2, 0.25) is 5.91 Å². The lowest BCUT2D eigenvalue weighted by atomic mass is 9.85. The van der Waals surface area contributed by atoms with Gasteiger partial charge in [0.1, 0.15) is 0 Å². The van der Waals surface area contributed by atoms with E-state index in [2.05, 4.69) is 0 Å². The van der Waals surface area contributed by atoms with Gasteiger partial charge in [0.15, 0.2) is 0 Å². The lowest BCUT2D eigenvalue weighted by Crippen LogP contribution is -2.31. The predicted molar refractivity (Wildman–Crippen MR) is 95.6 cm³/mol. The summed E-state index contributed by atoms with van der Waals surface area (Å²) < 4.78 is 5.54. The zero-order valence-corrected chi connectivity index (χ0v) is 14.7. The van der Waals surface area contributed by atoms with Crippen molar-refractivity contribution in [2.45, 2.75) is 31.5 Å². The van der Waals surface area contributed by atoms with Crippen LogP contribution in [0.1, 0.15) is 29.0 Å². The molecule has 134 valence electrons. The van der Waals surface area contributed by atoms with Gasteiger partial charge < -0.3 is 9.84 Å². The fourth-order valence-corrected chi connectivity index (χ4v) is 2.95. The Balaban J connectivity index is 2.30. The molecule has 0 saturated carbocycles. The smallest absolute Gasteiger partial charge is 0.245 e. The summed E-state index contributed by atoms with van der Waals surface area (Å²) in [6, 6.07) is 15.1.